The van der Waals surface area contributed by atoms with Crippen molar-refractivity contribution in [3.8, 4) is 5.75 Å². The summed E-state index contributed by atoms with van der Waals surface area (Å²) < 4.78 is 5.21. The molecule has 2 rings (SSSR count). The maximum atomic E-state index is 12.1. The number of aliphatic hydroxyl groups excluding tert-OH is 1. The van der Waals surface area contributed by atoms with Gasteiger partial charge < -0.3 is 20.9 Å². The molecule has 1 aliphatic heterocycles. The Morgan fingerprint density at radius 3 is 3.10 bits per heavy atom. The molecule has 0 spiro atoms. The van der Waals surface area contributed by atoms with Gasteiger partial charge >= 0.3 is 0 Å². The third kappa shape index (κ3) is 4.34. The summed E-state index contributed by atoms with van der Waals surface area (Å²) in [4.78, 5) is 14.2. The molecule has 1 saturated heterocycles. The average molecular weight is 293 g/mol. The molecule has 0 radical (unpaired) electrons. The van der Waals surface area contributed by atoms with Gasteiger partial charge in [-0.1, -0.05) is 0 Å². The number of anilines is 2. The summed E-state index contributed by atoms with van der Waals surface area (Å²) in [6.45, 7) is 2.32. The summed E-state index contributed by atoms with van der Waals surface area (Å²) in [5.41, 5.74) is 6.90. The molecule has 0 bridgehead atoms. The van der Waals surface area contributed by atoms with Crippen molar-refractivity contribution in [1.29, 1.82) is 0 Å². The highest BCUT2D eigenvalue weighted by Gasteiger charge is 2.23. The normalized spacial score (nSPS) is 18.7. The fraction of sp³-hybridized carbons (Fsp3) is 0.533. The molecule has 6 nitrogen and oxygen atoms in total. The minimum atomic E-state index is -0.0800. The molecule has 1 atom stereocenters. The third-order valence-corrected chi connectivity index (χ3v) is 3.77. The number of hydrogen-bond acceptors (Lipinski definition) is 5. The largest absolute Gasteiger partial charge is 0.495 e. The van der Waals surface area contributed by atoms with Crippen LogP contribution in [-0.2, 0) is 4.79 Å². The standard InChI is InChI=1S/C15H23N3O3/c1-21-14-3-2-12(16)8-13(14)17-15(20)10-18-6-4-11(9-18)5-7-19/h2-3,8,11,19H,4-7,9-10,16H2,1H3,(H,17,20). The van der Waals surface area contributed by atoms with Crippen molar-refractivity contribution in [2.24, 2.45) is 5.92 Å². The summed E-state index contributed by atoms with van der Waals surface area (Å²) >= 11 is 0. The number of rotatable bonds is 6. The number of carbonyl (C=O) groups is 1. The van der Waals surface area contributed by atoms with Crippen LogP contribution in [0.2, 0.25) is 0 Å². The van der Waals surface area contributed by atoms with Crippen molar-refractivity contribution in [2.75, 3.05) is 44.4 Å². The van der Waals surface area contributed by atoms with Gasteiger partial charge in [-0.25, -0.2) is 0 Å². The molecule has 1 heterocycles. The molecule has 0 aromatic heterocycles. The van der Waals surface area contributed by atoms with E-state index in [4.69, 9.17) is 15.6 Å². The molecule has 1 unspecified atom stereocenters. The molecule has 116 valence electrons. The molecule has 6 heteroatoms. The first-order valence-corrected chi connectivity index (χ1v) is 7.19. The van der Waals surface area contributed by atoms with E-state index in [1.807, 2.05) is 0 Å². The maximum absolute atomic E-state index is 12.1. The van der Waals surface area contributed by atoms with Crippen molar-refractivity contribution in [1.82, 2.24) is 4.90 Å². The van der Waals surface area contributed by atoms with Gasteiger partial charge in [-0.15, -0.1) is 0 Å². The molecule has 1 aromatic rings. The number of nitrogens with zero attached hydrogens (tertiary/aromatic N) is 1. The highest BCUT2D eigenvalue weighted by atomic mass is 16.5. The van der Waals surface area contributed by atoms with Crippen molar-refractivity contribution in [2.45, 2.75) is 12.8 Å². The quantitative estimate of drug-likeness (QED) is 0.679. The van der Waals surface area contributed by atoms with E-state index < -0.39 is 0 Å². The van der Waals surface area contributed by atoms with Gasteiger partial charge in [0.2, 0.25) is 5.91 Å². The van der Waals surface area contributed by atoms with Crippen LogP contribution >= 0.6 is 0 Å². The molecule has 1 fully saturated rings. The number of benzene rings is 1. The number of ether oxygens (including phenoxy) is 1. The average Bonchev–Trinajstić information content (AvgIpc) is 2.86. The van der Waals surface area contributed by atoms with Gasteiger partial charge in [-0.05, 0) is 43.5 Å². The number of nitrogens with two attached hydrogens (primary N) is 1. The lowest BCUT2D eigenvalue weighted by molar-refractivity contribution is -0.117. The fourth-order valence-corrected chi connectivity index (χ4v) is 2.69. The zero-order chi connectivity index (χ0) is 15.2. The second kappa shape index (κ2) is 7.28. The Morgan fingerprint density at radius 2 is 2.38 bits per heavy atom. The molecule has 1 aliphatic rings. The van der Waals surface area contributed by atoms with E-state index in [1.165, 1.54) is 0 Å². The van der Waals surface area contributed by atoms with Crippen LogP contribution in [0, 0.1) is 5.92 Å². The molecular weight excluding hydrogens is 270 g/mol. The number of likely N-dealkylation sites (tertiary alicyclic amines) is 1. The van der Waals surface area contributed by atoms with Crippen LogP contribution in [-0.4, -0.2) is 49.3 Å². The van der Waals surface area contributed by atoms with E-state index in [1.54, 1.807) is 25.3 Å². The minimum absolute atomic E-state index is 0.0800. The first-order chi connectivity index (χ1) is 10.1. The van der Waals surface area contributed by atoms with Gasteiger partial charge in [-0.2, -0.15) is 0 Å². The first-order valence-electron chi connectivity index (χ1n) is 7.19. The number of nitrogens with one attached hydrogen (secondary N) is 1. The fourth-order valence-electron chi connectivity index (χ4n) is 2.69. The molecule has 21 heavy (non-hydrogen) atoms. The monoisotopic (exact) mass is 293 g/mol. The predicted octanol–water partition coefficient (Wildman–Crippen LogP) is 0.920. The van der Waals surface area contributed by atoms with Crippen LogP contribution in [0.5, 0.6) is 5.75 Å². The van der Waals surface area contributed by atoms with Gasteiger partial charge in [0.15, 0.2) is 0 Å². The maximum Gasteiger partial charge on any atom is 0.238 e. The second-order valence-corrected chi connectivity index (χ2v) is 5.41. The van der Waals surface area contributed by atoms with E-state index in [0.717, 1.165) is 25.9 Å². The summed E-state index contributed by atoms with van der Waals surface area (Å²) in [6.07, 6.45) is 1.84. The van der Waals surface area contributed by atoms with Crippen LogP contribution in [0.15, 0.2) is 18.2 Å². The number of hydrogen-bond donors (Lipinski definition) is 3. The lowest BCUT2D eigenvalue weighted by Gasteiger charge is -2.16. The van der Waals surface area contributed by atoms with Crippen molar-refractivity contribution in [3.63, 3.8) is 0 Å². The van der Waals surface area contributed by atoms with Crippen molar-refractivity contribution in [3.05, 3.63) is 18.2 Å². The Bertz CT molecular complexity index is 493. The Morgan fingerprint density at radius 1 is 1.57 bits per heavy atom. The number of amides is 1. The number of methoxy groups -OCH3 is 1. The predicted molar refractivity (Wildman–Crippen MR) is 82.3 cm³/mol. The Labute approximate surface area is 124 Å². The summed E-state index contributed by atoms with van der Waals surface area (Å²) in [7, 11) is 1.56. The summed E-state index contributed by atoms with van der Waals surface area (Å²) in [5.74, 6) is 1.00. The third-order valence-electron chi connectivity index (χ3n) is 3.77. The SMILES string of the molecule is COc1ccc(N)cc1NC(=O)CN1CCC(CCO)C1. The Balaban J connectivity index is 1.89. The smallest absolute Gasteiger partial charge is 0.238 e. The zero-order valence-corrected chi connectivity index (χ0v) is 12.3. The Kier molecular flexibility index (Phi) is 5.41. The summed E-state index contributed by atoms with van der Waals surface area (Å²) in [5, 5.41) is 11.8. The van der Waals surface area contributed by atoms with Crippen LogP contribution in [0.3, 0.4) is 0 Å². The van der Waals surface area contributed by atoms with Crippen LogP contribution in [0.25, 0.3) is 0 Å². The van der Waals surface area contributed by atoms with Crippen LogP contribution < -0.4 is 15.8 Å². The van der Waals surface area contributed by atoms with Gasteiger partial charge in [0.1, 0.15) is 5.75 Å². The zero-order valence-electron chi connectivity index (χ0n) is 12.3. The van der Waals surface area contributed by atoms with E-state index in [-0.39, 0.29) is 12.5 Å². The Hall–Kier alpha value is -1.79. The van der Waals surface area contributed by atoms with E-state index in [2.05, 4.69) is 10.2 Å². The molecule has 1 amide bonds. The molecule has 0 aliphatic carbocycles. The van der Waals surface area contributed by atoms with Crippen molar-refractivity contribution < 1.29 is 14.6 Å². The van der Waals surface area contributed by atoms with Crippen LogP contribution in [0.1, 0.15) is 12.8 Å². The lowest BCUT2D eigenvalue weighted by atomic mass is 10.1. The number of carbonyl (C=O) groups excluding carboxylic acids is 1. The molecule has 0 saturated carbocycles. The highest BCUT2D eigenvalue weighted by molar-refractivity contribution is 5.94. The minimum Gasteiger partial charge on any atom is -0.495 e. The van der Waals surface area contributed by atoms with Gasteiger partial charge in [0.25, 0.3) is 0 Å². The van der Waals surface area contributed by atoms with Gasteiger partial charge in [0, 0.05) is 18.8 Å². The number of aliphatic hydroxyl groups is 1. The molecule has 1 aromatic carbocycles. The summed E-state index contributed by atoms with van der Waals surface area (Å²) in [6, 6.07) is 5.15. The highest BCUT2D eigenvalue weighted by Crippen LogP contribution is 2.26. The van der Waals surface area contributed by atoms with E-state index in [9.17, 15) is 4.79 Å². The molecular formula is C15H23N3O3. The first kappa shape index (κ1) is 15.6. The van der Waals surface area contributed by atoms with Crippen molar-refractivity contribution >= 4 is 17.3 Å². The van der Waals surface area contributed by atoms with Gasteiger partial charge in [0.05, 0.1) is 19.3 Å². The van der Waals surface area contributed by atoms with E-state index >= 15 is 0 Å². The van der Waals surface area contributed by atoms with Gasteiger partial charge in [-0.3, -0.25) is 9.69 Å². The number of nitrogen functional groups attached to an aromatic ring is 1. The van der Waals surface area contributed by atoms with E-state index in [0.29, 0.717) is 29.6 Å². The van der Waals surface area contributed by atoms with Crippen LogP contribution in [0.4, 0.5) is 11.4 Å². The second-order valence-electron chi connectivity index (χ2n) is 5.41. The molecule has 4 N–H and O–H groups in total. The lowest BCUT2D eigenvalue weighted by Crippen LogP contribution is -2.31. The topological polar surface area (TPSA) is 87.8 Å².